The van der Waals surface area contributed by atoms with Gasteiger partial charge in [-0.15, -0.1) is 0 Å². The van der Waals surface area contributed by atoms with E-state index in [1.807, 2.05) is 0 Å². The van der Waals surface area contributed by atoms with Crippen molar-refractivity contribution in [2.24, 2.45) is 11.8 Å². The zero-order valence-corrected chi connectivity index (χ0v) is 13.3. The number of amides is 1. The van der Waals surface area contributed by atoms with Gasteiger partial charge in [-0.2, -0.15) is 0 Å². The number of carbonyl (C=O) groups is 2. The molecule has 0 aliphatic heterocycles. The van der Waals surface area contributed by atoms with E-state index in [2.05, 4.69) is 0 Å². The third-order valence-electron chi connectivity index (χ3n) is 4.33. The maximum absolute atomic E-state index is 12.3. The molecule has 1 aliphatic rings. The molecule has 0 bridgehead atoms. The molecule has 0 saturated heterocycles. The molecule has 0 aromatic heterocycles. The molecule has 1 unspecified atom stereocenters. The third-order valence-corrected chi connectivity index (χ3v) is 4.33. The lowest BCUT2D eigenvalue weighted by Crippen LogP contribution is -2.39. The maximum Gasteiger partial charge on any atom is 0.308 e. The highest BCUT2D eigenvalue weighted by atomic mass is 16.5. The van der Waals surface area contributed by atoms with Crippen LogP contribution in [-0.4, -0.2) is 48.7 Å². The normalized spacial score (nSPS) is 17.4. The van der Waals surface area contributed by atoms with Crippen LogP contribution in [-0.2, 0) is 14.3 Å². The summed E-state index contributed by atoms with van der Waals surface area (Å²) in [6.07, 6.45) is 7.81. The molecule has 1 rings (SSSR count). The van der Waals surface area contributed by atoms with Gasteiger partial charge in [0.2, 0.25) is 5.91 Å². The number of carbonyl (C=O) groups excluding carboxylic acids is 1. The summed E-state index contributed by atoms with van der Waals surface area (Å²) in [6, 6.07) is 0. The van der Waals surface area contributed by atoms with Gasteiger partial charge in [0.15, 0.2) is 0 Å². The lowest BCUT2D eigenvalue weighted by molar-refractivity contribution is -0.143. The van der Waals surface area contributed by atoms with Gasteiger partial charge in [-0.25, -0.2) is 0 Å². The van der Waals surface area contributed by atoms with E-state index >= 15 is 0 Å². The maximum atomic E-state index is 12.3. The van der Waals surface area contributed by atoms with Gasteiger partial charge in [0.05, 0.1) is 12.5 Å². The number of methoxy groups -OCH3 is 1. The van der Waals surface area contributed by atoms with E-state index < -0.39 is 11.9 Å². The summed E-state index contributed by atoms with van der Waals surface area (Å²) in [5.74, 6) is -0.674. The molecule has 1 fully saturated rings. The molecule has 5 heteroatoms. The summed E-state index contributed by atoms with van der Waals surface area (Å²) < 4.78 is 5.02. The predicted molar refractivity (Wildman–Crippen MR) is 81.1 cm³/mol. The lowest BCUT2D eigenvalue weighted by atomic mass is 9.86. The summed E-state index contributed by atoms with van der Waals surface area (Å²) in [5.41, 5.74) is 0. The van der Waals surface area contributed by atoms with Gasteiger partial charge in [-0.1, -0.05) is 39.0 Å². The Hall–Kier alpha value is -1.10. The van der Waals surface area contributed by atoms with Gasteiger partial charge < -0.3 is 14.7 Å². The van der Waals surface area contributed by atoms with Crippen LogP contribution in [0.2, 0.25) is 0 Å². The Labute approximate surface area is 127 Å². The molecule has 5 nitrogen and oxygen atoms in total. The zero-order chi connectivity index (χ0) is 15.7. The molecule has 1 N–H and O–H groups in total. The van der Waals surface area contributed by atoms with Crippen LogP contribution >= 0.6 is 0 Å². The summed E-state index contributed by atoms with van der Waals surface area (Å²) in [5, 5.41) is 9.00. The molecule has 1 amide bonds. The van der Waals surface area contributed by atoms with Crippen LogP contribution in [0.1, 0.15) is 51.9 Å². The number of hydrogen-bond donors (Lipinski definition) is 1. The van der Waals surface area contributed by atoms with E-state index in [0.717, 1.165) is 6.42 Å². The Morgan fingerprint density at radius 2 is 1.95 bits per heavy atom. The molecule has 1 atom stereocenters. The minimum absolute atomic E-state index is 0.0609. The number of ether oxygens (including phenoxy) is 1. The van der Waals surface area contributed by atoms with Crippen molar-refractivity contribution in [3.05, 3.63) is 0 Å². The average molecular weight is 299 g/mol. The highest BCUT2D eigenvalue weighted by molar-refractivity contribution is 5.77. The fraction of sp³-hybridized carbons (Fsp3) is 0.875. The first-order valence-corrected chi connectivity index (χ1v) is 8.04. The second kappa shape index (κ2) is 9.77. The standard InChI is InChI=1S/C16H29NO4/c1-13(16(19)20)12-17(10-11-21-2)15(18)9-8-14-6-4-3-5-7-14/h13-14H,3-12H2,1-2H3,(H,19,20). The molecule has 0 radical (unpaired) electrons. The minimum atomic E-state index is -0.863. The Bertz CT molecular complexity index is 326. The zero-order valence-electron chi connectivity index (χ0n) is 13.3. The van der Waals surface area contributed by atoms with E-state index in [9.17, 15) is 9.59 Å². The number of carboxylic acids is 1. The van der Waals surface area contributed by atoms with Crippen molar-refractivity contribution >= 4 is 11.9 Å². The molecule has 0 aromatic carbocycles. The number of rotatable bonds is 9. The molecular formula is C16H29NO4. The van der Waals surface area contributed by atoms with Gasteiger partial charge in [0, 0.05) is 26.6 Å². The predicted octanol–water partition coefficient (Wildman–Crippen LogP) is 2.54. The number of hydrogen-bond acceptors (Lipinski definition) is 3. The van der Waals surface area contributed by atoms with Gasteiger partial charge in [0.1, 0.15) is 0 Å². The van der Waals surface area contributed by atoms with Crippen LogP contribution in [0.4, 0.5) is 0 Å². The van der Waals surface area contributed by atoms with E-state index in [-0.39, 0.29) is 12.5 Å². The van der Waals surface area contributed by atoms with Crippen LogP contribution in [0.3, 0.4) is 0 Å². The molecule has 1 saturated carbocycles. The second-order valence-electron chi connectivity index (χ2n) is 6.11. The Morgan fingerprint density at radius 3 is 2.52 bits per heavy atom. The monoisotopic (exact) mass is 299 g/mol. The minimum Gasteiger partial charge on any atom is -0.481 e. The van der Waals surface area contributed by atoms with Gasteiger partial charge in [-0.3, -0.25) is 9.59 Å². The van der Waals surface area contributed by atoms with Crippen molar-refractivity contribution in [3.8, 4) is 0 Å². The third kappa shape index (κ3) is 6.93. The van der Waals surface area contributed by atoms with Crippen LogP contribution in [0.5, 0.6) is 0 Å². The fourth-order valence-electron chi connectivity index (χ4n) is 2.89. The van der Waals surface area contributed by atoms with Crippen molar-refractivity contribution < 1.29 is 19.4 Å². The molecule has 0 aromatic rings. The van der Waals surface area contributed by atoms with Gasteiger partial charge in [0.25, 0.3) is 0 Å². The molecule has 122 valence electrons. The van der Waals surface area contributed by atoms with Crippen LogP contribution < -0.4 is 0 Å². The van der Waals surface area contributed by atoms with Gasteiger partial charge in [-0.05, 0) is 12.3 Å². The molecule has 0 heterocycles. The molecular weight excluding hydrogens is 270 g/mol. The van der Waals surface area contributed by atoms with E-state index in [0.29, 0.717) is 25.5 Å². The summed E-state index contributed by atoms with van der Waals surface area (Å²) in [7, 11) is 1.59. The largest absolute Gasteiger partial charge is 0.481 e. The first-order valence-electron chi connectivity index (χ1n) is 8.04. The molecule has 1 aliphatic carbocycles. The lowest BCUT2D eigenvalue weighted by Gasteiger charge is -2.26. The van der Waals surface area contributed by atoms with E-state index in [4.69, 9.17) is 9.84 Å². The Morgan fingerprint density at radius 1 is 1.29 bits per heavy atom. The van der Waals surface area contributed by atoms with E-state index in [1.54, 1.807) is 18.9 Å². The van der Waals surface area contributed by atoms with Crippen LogP contribution in [0.15, 0.2) is 0 Å². The first kappa shape index (κ1) is 18.0. The number of nitrogens with zero attached hydrogens (tertiary/aromatic N) is 1. The molecule has 0 spiro atoms. The number of aliphatic carboxylic acids is 1. The topological polar surface area (TPSA) is 66.8 Å². The van der Waals surface area contributed by atoms with Gasteiger partial charge >= 0.3 is 5.97 Å². The Balaban J connectivity index is 2.43. The quantitative estimate of drug-likeness (QED) is 0.710. The van der Waals surface area contributed by atoms with Crippen LogP contribution in [0.25, 0.3) is 0 Å². The van der Waals surface area contributed by atoms with Crippen molar-refractivity contribution in [1.82, 2.24) is 4.90 Å². The summed E-state index contributed by atoms with van der Waals surface area (Å²) in [6.45, 7) is 2.82. The smallest absolute Gasteiger partial charge is 0.308 e. The first-order chi connectivity index (χ1) is 10.0. The fourth-order valence-corrected chi connectivity index (χ4v) is 2.89. The molecule has 21 heavy (non-hydrogen) atoms. The second-order valence-corrected chi connectivity index (χ2v) is 6.11. The highest BCUT2D eigenvalue weighted by Crippen LogP contribution is 2.27. The van der Waals surface area contributed by atoms with E-state index in [1.165, 1.54) is 32.1 Å². The highest BCUT2D eigenvalue weighted by Gasteiger charge is 2.22. The summed E-state index contributed by atoms with van der Waals surface area (Å²) in [4.78, 5) is 24.9. The van der Waals surface area contributed by atoms with Crippen molar-refractivity contribution in [3.63, 3.8) is 0 Å². The van der Waals surface area contributed by atoms with Crippen molar-refractivity contribution in [2.45, 2.75) is 51.9 Å². The number of carboxylic acid groups (broad SMARTS) is 1. The van der Waals surface area contributed by atoms with Crippen molar-refractivity contribution in [1.29, 1.82) is 0 Å². The summed E-state index contributed by atoms with van der Waals surface area (Å²) >= 11 is 0. The van der Waals surface area contributed by atoms with Crippen LogP contribution in [0, 0.1) is 11.8 Å². The van der Waals surface area contributed by atoms with Crippen molar-refractivity contribution in [2.75, 3.05) is 26.8 Å². The SMILES string of the molecule is COCCN(CC(C)C(=O)O)C(=O)CCC1CCCCC1. The Kier molecular flexibility index (Phi) is 8.35. The average Bonchev–Trinajstić information content (AvgIpc) is 2.49.